The van der Waals surface area contributed by atoms with E-state index in [1.807, 2.05) is 11.8 Å². The van der Waals surface area contributed by atoms with Gasteiger partial charge >= 0.3 is 0 Å². The van der Waals surface area contributed by atoms with Crippen LogP contribution in [0, 0.1) is 23.2 Å². The van der Waals surface area contributed by atoms with E-state index in [1.54, 1.807) is 0 Å². The minimum absolute atomic E-state index is 0.181. The van der Waals surface area contributed by atoms with Crippen molar-refractivity contribution in [3.63, 3.8) is 0 Å². The van der Waals surface area contributed by atoms with Gasteiger partial charge in [-0.25, -0.2) is 4.57 Å². The average Bonchev–Trinajstić information content (AvgIpc) is 2.85. The Balaban J connectivity index is 1.68. The van der Waals surface area contributed by atoms with Crippen molar-refractivity contribution in [2.45, 2.75) is 98.3 Å². The highest BCUT2D eigenvalue weighted by molar-refractivity contribution is 8.00. The molecule has 0 N–H and O–H groups in total. The minimum Gasteiger partial charge on any atom is -0.200 e. The highest BCUT2D eigenvalue weighted by Crippen LogP contribution is 2.53. The van der Waals surface area contributed by atoms with E-state index in [4.69, 9.17) is 0 Å². The van der Waals surface area contributed by atoms with E-state index in [0.29, 0.717) is 0 Å². The van der Waals surface area contributed by atoms with Crippen LogP contribution in [-0.2, 0) is 26.3 Å². The molecule has 0 saturated heterocycles. The molecule has 5 aromatic rings. The fourth-order valence-electron chi connectivity index (χ4n) is 7.10. The lowest BCUT2D eigenvalue weighted by Gasteiger charge is -2.28. The van der Waals surface area contributed by atoms with Gasteiger partial charge in [-0.3, -0.25) is 0 Å². The van der Waals surface area contributed by atoms with Gasteiger partial charge in [0.25, 0.3) is 0 Å². The first-order chi connectivity index (χ1) is 19.5. The first-order valence-electron chi connectivity index (χ1n) is 15.6. The number of pyridine rings is 1. The molecule has 0 saturated carbocycles. The van der Waals surface area contributed by atoms with Crippen LogP contribution in [0.4, 0.5) is 0 Å². The third-order valence-corrected chi connectivity index (χ3v) is 9.77. The van der Waals surface area contributed by atoms with Gasteiger partial charge in [0.05, 0.1) is 10.9 Å². The van der Waals surface area contributed by atoms with Gasteiger partial charge in [0.1, 0.15) is 7.05 Å². The quantitative estimate of drug-likeness (QED) is 0.150. The predicted octanol–water partition coefficient (Wildman–Crippen LogP) is 11.2. The molecule has 0 spiro atoms. The zero-order valence-electron chi connectivity index (χ0n) is 27.7. The highest BCUT2D eigenvalue weighted by atomic mass is 32.2. The van der Waals surface area contributed by atoms with E-state index in [1.165, 1.54) is 75.6 Å². The van der Waals surface area contributed by atoms with E-state index in [-0.39, 0.29) is 16.2 Å². The van der Waals surface area contributed by atoms with Gasteiger partial charge in [0.2, 0.25) is 5.69 Å². The molecule has 42 heavy (non-hydrogen) atoms. The zero-order chi connectivity index (χ0) is 30.4. The van der Waals surface area contributed by atoms with Gasteiger partial charge in [-0.1, -0.05) is 110 Å². The van der Waals surface area contributed by atoms with Crippen LogP contribution in [0.25, 0.3) is 43.6 Å². The summed E-state index contributed by atoms with van der Waals surface area (Å²) in [4.78, 5) is 2.85. The maximum atomic E-state index is 2.50. The highest BCUT2D eigenvalue weighted by Gasteiger charge is 2.33. The molecule has 0 aliphatic carbocycles. The molecule has 2 heteroatoms. The summed E-state index contributed by atoms with van der Waals surface area (Å²) in [6.07, 6.45) is 5.50. The lowest BCUT2D eigenvalue weighted by Crippen LogP contribution is -2.32. The lowest BCUT2D eigenvalue weighted by molar-refractivity contribution is -0.659. The van der Waals surface area contributed by atoms with Gasteiger partial charge in [-0.15, -0.1) is 0 Å². The van der Waals surface area contributed by atoms with Crippen LogP contribution in [0.1, 0.15) is 84.6 Å². The molecule has 1 aliphatic heterocycles. The van der Waals surface area contributed by atoms with Crippen LogP contribution in [-0.4, -0.2) is 0 Å². The number of nitrogens with zero attached hydrogens (tertiary/aromatic N) is 1. The number of fused-ring (bicyclic) bond motifs is 5. The van der Waals surface area contributed by atoms with Crippen LogP contribution in [0.2, 0.25) is 0 Å². The fourth-order valence-corrected chi connectivity index (χ4v) is 8.47. The molecule has 0 fully saturated rings. The molecule has 1 aromatic heterocycles. The molecule has 0 radical (unpaired) electrons. The SMILES string of the molecule is Cc1c2c(c(CC(C)(C)C)c3ccc(CC(C)(C)C)cc13)Sc1cc3cc(CC(C)(C)C)ccc3c3cc[n+](C)c-2c13. The summed E-state index contributed by atoms with van der Waals surface area (Å²) in [6.45, 7) is 23.5. The molecule has 0 bridgehead atoms. The Labute approximate surface area is 257 Å². The summed E-state index contributed by atoms with van der Waals surface area (Å²) in [6, 6.07) is 19.3. The first kappa shape index (κ1) is 29.2. The predicted molar refractivity (Wildman–Crippen MR) is 184 cm³/mol. The van der Waals surface area contributed by atoms with Crippen LogP contribution in [0.3, 0.4) is 0 Å². The second kappa shape index (κ2) is 9.84. The largest absolute Gasteiger partial charge is 0.222 e. The standard InChI is InChI=1S/C40H48NS/c1-24-31-19-26(22-39(5,6)7)13-15-29(31)32(23-40(8,9)10)37-34(24)36-35-30(16-17-41(36)11)28-14-12-25(21-38(2,3)4)18-27(28)20-33(35)42-37/h12-20H,21-23H2,1-11H3/q+1. The second-order valence-corrected chi connectivity index (χ2v) is 17.5. The molecule has 0 atom stereocenters. The monoisotopic (exact) mass is 574 g/mol. The van der Waals surface area contributed by atoms with Crippen molar-refractivity contribution in [1.82, 2.24) is 0 Å². The third-order valence-electron chi connectivity index (χ3n) is 8.58. The molecule has 218 valence electrons. The summed E-state index contributed by atoms with van der Waals surface area (Å²) >= 11 is 2.01. The molecule has 0 amide bonds. The number of hydrogen-bond acceptors (Lipinski definition) is 1. The van der Waals surface area contributed by atoms with Crippen molar-refractivity contribution in [3.8, 4) is 11.3 Å². The van der Waals surface area contributed by atoms with Crippen molar-refractivity contribution in [2.24, 2.45) is 23.3 Å². The number of benzene rings is 4. The van der Waals surface area contributed by atoms with E-state index < -0.39 is 0 Å². The maximum absolute atomic E-state index is 2.50. The van der Waals surface area contributed by atoms with Crippen LogP contribution in [0.5, 0.6) is 0 Å². The summed E-state index contributed by atoms with van der Waals surface area (Å²) in [7, 11) is 2.23. The first-order valence-corrected chi connectivity index (χ1v) is 16.5. The normalized spacial score (nSPS) is 13.8. The van der Waals surface area contributed by atoms with Crippen molar-refractivity contribution in [3.05, 3.63) is 77.0 Å². The molecule has 4 aromatic carbocycles. The number of rotatable bonds is 3. The van der Waals surface area contributed by atoms with Crippen LogP contribution >= 0.6 is 11.8 Å². The Morgan fingerprint density at radius 2 is 1.24 bits per heavy atom. The van der Waals surface area contributed by atoms with Crippen LogP contribution < -0.4 is 4.57 Å². The number of aryl methyl sites for hydroxylation is 2. The van der Waals surface area contributed by atoms with Gasteiger partial charge in [0.15, 0.2) is 6.20 Å². The van der Waals surface area contributed by atoms with Crippen molar-refractivity contribution in [1.29, 1.82) is 0 Å². The number of hydrogen-bond donors (Lipinski definition) is 0. The Kier molecular flexibility index (Phi) is 6.85. The second-order valence-electron chi connectivity index (χ2n) is 16.5. The van der Waals surface area contributed by atoms with Crippen molar-refractivity contribution in [2.75, 3.05) is 0 Å². The molecular weight excluding hydrogens is 527 g/mol. The van der Waals surface area contributed by atoms with Crippen molar-refractivity contribution >= 4 is 44.1 Å². The minimum atomic E-state index is 0.181. The van der Waals surface area contributed by atoms with Gasteiger partial charge in [0, 0.05) is 21.2 Å². The van der Waals surface area contributed by atoms with E-state index >= 15 is 0 Å². The van der Waals surface area contributed by atoms with Gasteiger partial charge in [-0.05, 0) is 92.3 Å². The maximum Gasteiger partial charge on any atom is 0.222 e. The van der Waals surface area contributed by atoms with Gasteiger partial charge < -0.3 is 0 Å². The molecule has 1 aliphatic rings. The smallest absolute Gasteiger partial charge is 0.200 e. The van der Waals surface area contributed by atoms with E-state index in [2.05, 4.69) is 136 Å². The Morgan fingerprint density at radius 1 is 0.643 bits per heavy atom. The zero-order valence-corrected chi connectivity index (χ0v) is 28.5. The number of aromatic nitrogens is 1. The molecule has 1 nitrogen and oxygen atoms in total. The fraction of sp³-hybridized carbons (Fsp3) is 0.425. The summed E-state index contributed by atoms with van der Waals surface area (Å²) in [5.41, 5.74) is 9.28. The summed E-state index contributed by atoms with van der Waals surface area (Å²) < 4.78 is 2.38. The van der Waals surface area contributed by atoms with E-state index in [9.17, 15) is 0 Å². The Morgan fingerprint density at radius 3 is 1.86 bits per heavy atom. The van der Waals surface area contributed by atoms with Crippen LogP contribution in [0.15, 0.2) is 64.5 Å². The molecular formula is C40H48NS+. The summed E-state index contributed by atoms with van der Waals surface area (Å²) in [5.74, 6) is 0. The topological polar surface area (TPSA) is 3.88 Å². The Bertz CT molecular complexity index is 1890. The summed E-state index contributed by atoms with van der Waals surface area (Å²) in [5, 5.41) is 8.34. The average molecular weight is 575 g/mol. The van der Waals surface area contributed by atoms with Crippen molar-refractivity contribution < 1.29 is 4.57 Å². The Hall–Kier alpha value is -2.84. The third kappa shape index (κ3) is 5.37. The van der Waals surface area contributed by atoms with E-state index in [0.717, 1.165) is 19.3 Å². The molecule has 6 rings (SSSR count). The van der Waals surface area contributed by atoms with Gasteiger partial charge in [-0.2, -0.15) is 0 Å². The lowest BCUT2D eigenvalue weighted by atomic mass is 9.81. The molecule has 2 heterocycles. The molecule has 0 unspecified atom stereocenters.